The number of hydrogen-bond acceptors (Lipinski definition) is 2. The lowest BCUT2D eigenvalue weighted by Crippen LogP contribution is -2.25. The van der Waals surface area contributed by atoms with Crippen molar-refractivity contribution < 1.29 is 5.11 Å². The lowest BCUT2D eigenvalue weighted by Gasteiger charge is -2.27. The van der Waals surface area contributed by atoms with E-state index in [1.165, 1.54) is 11.1 Å². The molecule has 84 valence electrons. The van der Waals surface area contributed by atoms with Crippen molar-refractivity contribution in [2.45, 2.75) is 32.1 Å². The molecule has 1 aromatic rings. The van der Waals surface area contributed by atoms with E-state index < -0.39 is 0 Å². The molecule has 2 heteroatoms. The molecule has 3 N–H and O–H groups in total. The Balaban J connectivity index is 3.17. The fourth-order valence-electron chi connectivity index (χ4n) is 1.76. The van der Waals surface area contributed by atoms with E-state index in [2.05, 4.69) is 32.9 Å². The maximum atomic E-state index is 9.40. The van der Waals surface area contributed by atoms with Crippen LogP contribution in [0, 0.1) is 0 Å². The molecule has 0 aliphatic heterocycles. The highest BCUT2D eigenvalue weighted by molar-refractivity contribution is 5.36. The first kappa shape index (κ1) is 12.2. The molecular weight excluding hydrogens is 186 g/mol. The average molecular weight is 207 g/mol. The van der Waals surface area contributed by atoms with E-state index >= 15 is 0 Å². The third kappa shape index (κ3) is 2.58. The minimum Gasteiger partial charge on any atom is -0.395 e. The molecule has 1 aromatic carbocycles. The minimum atomic E-state index is -0.194. The van der Waals surface area contributed by atoms with Gasteiger partial charge in [-0.1, -0.05) is 45.0 Å². The summed E-state index contributed by atoms with van der Waals surface area (Å²) < 4.78 is 0. The van der Waals surface area contributed by atoms with Crippen molar-refractivity contribution in [2.75, 3.05) is 13.2 Å². The van der Waals surface area contributed by atoms with Crippen LogP contribution in [-0.2, 0) is 5.41 Å². The standard InChI is InChI=1S/C13H21NO/c1-10(8-14)11-6-4-5-7-12(11)13(2,3)9-15/h4-7,10,15H,8-9,14H2,1-3H3. The summed E-state index contributed by atoms with van der Waals surface area (Å²) in [5.41, 5.74) is 7.95. The highest BCUT2D eigenvalue weighted by Crippen LogP contribution is 2.29. The molecule has 0 radical (unpaired) electrons. The maximum absolute atomic E-state index is 9.40. The first-order valence-corrected chi connectivity index (χ1v) is 5.43. The topological polar surface area (TPSA) is 46.2 Å². The molecule has 0 heterocycles. The zero-order valence-corrected chi connectivity index (χ0v) is 9.83. The largest absolute Gasteiger partial charge is 0.395 e. The van der Waals surface area contributed by atoms with Gasteiger partial charge in [-0.05, 0) is 23.6 Å². The van der Waals surface area contributed by atoms with Gasteiger partial charge in [0.2, 0.25) is 0 Å². The van der Waals surface area contributed by atoms with E-state index in [0.717, 1.165) is 0 Å². The Kier molecular flexibility index (Phi) is 3.89. The van der Waals surface area contributed by atoms with Gasteiger partial charge in [0.25, 0.3) is 0 Å². The number of aliphatic hydroxyl groups excluding tert-OH is 1. The first-order chi connectivity index (χ1) is 7.03. The normalized spacial score (nSPS) is 13.9. The van der Waals surface area contributed by atoms with Crippen LogP contribution >= 0.6 is 0 Å². The Bertz CT molecular complexity index is 320. The fraction of sp³-hybridized carbons (Fsp3) is 0.538. The summed E-state index contributed by atoms with van der Waals surface area (Å²) in [6.07, 6.45) is 0. The summed E-state index contributed by atoms with van der Waals surface area (Å²) in [6.45, 7) is 7.01. The number of nitrogens with two attached hydrogens (primary N) is 1. The Hall–Kier alpha value is -0.860. The van der Waals surface area contributed by atoms with E-state index in [4.69, 9.17) is 5.73 Å². The van der Waals surface area contributed by atoms with Crippen LogP contribution in [0.3, 0.4) is 0 Å². The molecule has 0 fully saturated rings. The van der Waals surface area contributed by atoms with Crippen molar-refractivity contribution in [2.24, 2.45) is 5.73 Å². The van der Waals surface area contributed by atoms with Crippen LogP contribution in [0.2, 0.25) is 0 Å². The highest BCUT2D eigenvalue weighted by Gasteiger charge is 2.23. The van der Waals surface area contributed by atoms with Crippen LogP contribution in [-0.4, -0.2) is 18.3 Å². The predicted molar refractivity (Wildman–Crippen MR) is 64.0 cm³/mol. The number of aliphatic hydroxyl groups is 1. The van der Waals surface area contributed by atoms with Crippen molar-refractivity contribution >= 4 is 0 Å². The lowest BCUT2D eigenvalue weighted by molar-refractivity contribution is 0.217. The second-order valence-electron chi connectivity index (χ2n) is 4.77. The van der Waals surface area contributed by atoms with Gasteiger partial charge in [-0.2, -0.15) is 0 Å². The van der Waals surface area contributed by atoms with Crippen LogP contribution in [0.25, 0.3) is 0 Å². The van der Waals surface area contributed by atoms with Crippen molar-refractivity contribution in [3.05, 3.63) is 35.4 Å². The summed E-state index contributed by atoms with van der Waals surface area (Å²) in [7, 11) is 0. The molecule has 0 aliphatic rings. The SMILES string of the molecule is CC(CN)c1ccccc1C(C)(C)CO. The van der Waals surface area contributed by atoms with E-state index in [0.29, 0.717) is 12.5 Å². The molecule has 0 aliphatic carbocycles. The molecule has 15 heavy (non-hydrogen) atoms. The zero-order valence-electron chi connectivity index (χ0n) is 9.83. The van der Waals surface area contributed by atoms with Crippen LogP contribution in [0.15, 0.2) is 24.3 Å². The molecule has 0 aromatic heterocycles. The lowest BCUT2D eigenvalue weighted by atomic mass is 9.79. The first-order valence-electron chi connectivity index (χ1n) is 5.43. The second-order valence-corrected chi connectivity index (χ2v) is 4.77. The monoisotopic (exact) mass is 207 g/mol. The molecule has 1 rings (SSSR count). The Labute approximate surface area is 92.1 Å². The van der Waals surface area contributed by atoms with Gasteiger partial charge in [0.1, 0.15) is 0 Å². The Morgan fingerprint density at radius 3 is 2.47 bits per heavy atom. The van der Waals surface area contributed by atoms with Gasteiger partial charge in [0.15, 0.2) is 0 Å². The van der Waals surface area contributed by atoms with Crippen molar-refractivity contribution in [3.8, 4) is 0 Å². The van der Waals surface area contributed by atoms with Crippen LogP contribution in [0.4, 0.5) is 0 Å². The van der Waals surface area contributed by atoms with Crippen LogP contribution in [0.5, 0.6) is 0 Å². The van der Waals surface area contributed by atoms with Crippen LogP contribution in [0.1, 0.15) is 37.8 Å². The minimum absolute atomic E-state index is 0.154. The Morgan fingerprint density at radius 1 is 1.33 bits per heavy atom. The molecule has 0 amide bonds. The quantitative estimate of drug-likeness (QED) is 0.793. The molecule has 2 nitrogen and oxygen atoms in total. The maximum Gasteiger partial charge on any atom is 0.0522 e. The molecule has 1 unspecified atom stereocenters. The van der Waals surface area contributed by atoms with Crippen molar-refractivity contribution in [1.29, 1.82) is 0 Å². The third-order valence-electron chi connectivity index (χ3n) is 2.97. The Morgan fingerprint density at radius 2 is 1.93 bits per heavy atom. The highest BCUT2D eigenvalue weighted by atomic mass is 16.3. The summed E-state index contributed by atoms with van der Waals surface area (Å²) in [5, 5.41) is 9.40. The summed E-state index contributed by atoms with van der Waals surface area (Å²) >= 11 is 0. The molecule has 0 bridgehead atoms. The number of benzene rings is 1. The second kappa shape index (κ2) is 4.77. The molecule has 0 saturated carbocycles. The van der Waals surface area contributed by atoms with Gasteiger partial charge < -0.3 is 10.8 Å². The van der Waals surface area contributed by atoms with E-state index in [1.807, 2.05) is 12.1 Å². The smallest absolute Gasteiger partial charge is 0.0522 e. The number of hydrogen-bond donors (Lipinski definition) is 2. The van der Waals surface area contributed by atoms with Crippen molar-refractivity contribution in [1.82, 2.24) is 0 Å². The summed E-state index contributed by atoms with van der Waals surface area (Å²) in [4.78, 5) is 0. The third-order valence-corrected chi connectivity index (χ3v) is 2.97. The predicted octanol–water partition coefficient (Wildman–Crippen LogP) is 2.02. The number of rotatable bonds is 4. The summed E-state index contributed by atoms with van der Waals surface area (Å²) in [6, 6.07) is 8.22. The zero-order chi connectivity index (χ0) is 11.5. The molecular formula is C13H21NO. The molecule has 1 atom stereocenters. The van der Waals surface area contributed by atoms with Gasteiger partial charge in [0.05, 0.1) is 6.61 Å². The molecule has 0 saturated heterocycles. The van der Waals surface area contributed by atoms with E-state index in [-0.39, 0.29) is 12.0 Å². The van der Waals surface area contributed by atoms with Gasteiger partial charge in [0, 0.05) is 5.41 Å². The van der Waals surface area contributed by atoms with Gasteiger partial charge >= 0.3 is 0 Å². The fourth-order valence-corrected chi connectivity index (χ4v) is 1.76. The van der Waals surface area contributed by atoms with E-state index in [9.17, 15) is 5.11 Å². The average Bonchev–Trinajstić information content (AvgIpc) is 2.28. The van der Waals surface area contributed by atoms with E-state index in [1.54, 1.807) is 0 Å². The van der Waals surface area contributed by atoms with Gasteiger partial charge in [-0.25, -0.2) is 0 Å². The van der Waals surface area contributed by atoms with Gasteiger partial charge in [-0.15, -0.1) is 0 Å². The summed E-state index contributed by atoms with van der Waals surface area (Å²) in [5.74, 6) is 0.340. The van der Waals surface area contributed by atoms with Gasteiger partial charge in [-0.3, -0.25) is 0 Å². The van der Waals surface area contributed by atoms with Crippen LogP contribution < -0.4 is 5.73 Å². The van der Waals surface area contributed by atoms with Crippen molar-refractivity contribution in [3.63, 3.8) is 0 Å². The molecule has 0 spiro atoms.